The van der Waals surface area contributed by atoms with Crippen molar-refractivity contribution in [1.82, 2.24) is 0 Å². The van der Waals surface area contributed by atoms with Crippen molar-refractivity contribution in [2.45, 2.75) is 27.7 Å². The standard InChI is InChI=1S/C10H17NO2/c1-7(12)8(6-11-5)9(13)10(2,3)4/h6,13H,1-5H3/b9-8-,11-6?. The highest BCUT2D eigenvalue weighted by atomic mass is 16.3. The molecule has 0 spiro atoms. The Labute approximate surface area is 79.2 Å². The first-order valence-electron chi connectivity index (χ1n) is 4.17. The molecule has 0 bridgehead atoms. The highest BCUT2D eigenvalue weighted by molar-refractivity contribution is 6.12. The zero-order valence-corrected chi connectivity index (χ0v) is 8.88. The third-order valence-electron chi connectivity index (χ3n) is 1.60. The fraction of sp³-hybridized carbons (Fsp3) is 0.600. The average Bonchev–Trinajstić information content (AvgIpc) is 1.96. The Bertz CT molecular complexity index is 257. The van der Waals surface area contributed by atoms with Crippen LogP contribution in [0.1, 0.15) is 27.7 Å². The molecule has 74 valence electrons. The number of ketones is 1. The van der Waals surface area contributed by atoms with Crippen LogP contribution < -0.4 is 0 Å². The third kappa shape index (κ3) is 3.40. The minimum Gasteiger partial charge on any atom is -0.511 e. The summed E-state index contributed by atoms with van der Waals surface area (Å²) in [6.45, 7) is 6.94. The van der Waals surface area contributed by atoms with E-state index in [1.807, 2.05) is 20.8 Å². The lowest BCUT2D eigenvalue weighted by Crippen LogP contribution is -2.15. The van der Waals surface area contributed by atoms with Gasteiger partial charge in [0.15, 0.2) is 5.78 Å². The molecule has 0 amide bonds. The van der Waals surface area contributed by atoms with Crippen LogP contribution in [0.2, 0.25) is 0 Å². The fourth-order valence-electron chi connectivity index (χ4n) is 0.852. The van der Waals surface area contributed by atoms with Gasteiger partial charge in [0.2, 0.25) is 0 Å². The lowest BCUT2D eigenvalue weighted by Gasteiger charge is -2.19. The van der Waals surface area contributed by atoms with Gasteiger partial charge in [-0.2, -0.15) is 0 Å². The van der Waals surface area contributed by atoms with Gasteiger partial charge in [0.05, 0.1) is 5.57 Å². The normalized spacial score (nSPS) is 14.5. The number of aliphatic imine (C=N–C) groups is 1. The topological polar surface area (TPSA) is 49.7 Å². The lowest BCUT2D eigenvalue weighted by atomic mass is 9.90. The predicted octanol–water partition coefficient (Wildman–Crippen LogP) is 2.13. The maximum atomic E-state index is 11.1. The van der Waals surface area contributed by atoms with E-state index in [4.69, 9.17) is 0 Å². The Morgan fingerprint density at radius 2 is 1.85 bits per heavy atom. The van der Waals surface area contributed by atoms with Crippen LogP contribution in [0.3, 0.4) is 0 Å². The van der Waals surface area contributed by atoms with Gasteiger partial charge in [-0.05, 0) is 6.92 Å². The van der Waals surface area contributed by atoms with Crippen molar-refractivity contribution >= 4 is 12.0 Å². The van der Waals surface area contributed by atoms with Gasteiger partial charge in [-0.15, -0.1) is 0 Å². The lowest BCUT2D eigenvalue weighted by molar-refractivity contribution is -0.113. The minimum atomic E-state index is -0.414. The van der Waals surface area contributed by atoms with E-state index in [1.165, 1.54) is 13.1 Å². The predicted molar refractivity (Wildman–Crippen MR) is 54.2 cm³/mol. The molecule has 13 heavy (non-hydrogen) atoms. The van der Waals surface area contributed by atoms with Crippen molar-refractivity contribution in [1.29, 1.82) is 0 Å². The molecule has 0 unspecified atom stereocenters. The molecule has 3 nitrogen and oxygen atoms in total. The number of allylic oxidation sites excluding steroid dienone is 2. The molecule has 0 aromatic carbocycles. The molecule has 0 saturated heterocycles. The molecule has 0 aliphatic carbocycles. The van der Waals surface area contributed by atoms with Gasteiger partial charge in [0, 0.05) is 18.7 Å². The van der Waals surface area contributed by atoms with Gasteiger partial charge in [-0.25, -0.2) is 0 Å². The summed E-state index contributed by atoms with van der Waals surface area (Å²) in [6, 6.07) is 0. The summed E-state index contributed by atoms with van der Waals surface area (Å²) < 4.78 is 0. The number of aliphatic hydroxyl groups is 1. The van der Waals surface area contributed by atoms with E-state index in [2.05, 4.69) is 4.99 Å². The monoisotopic (exact) mass is 183 g/mol. The second-order valence-electron chi connectivity index (χ2n) is 3.96. The van der Waals surface area contributed by atoms with Crippen LogP contribution in [0.15, 0.2) is 16.3 Å². The van der Waals surface area contributed by atoms with Crippen LogP contribution >= 0.6 is 0 Å². The van der Waals surface area contributed by atoms with E-state index >= 15 is 0 Å². The number of carbonyl (C=O) groups is 1. The highest BCUT2D eigenvalue weighted by Crippen LogP contribution is 2.25. The molecule has 0 radical (unpaired) electrons. The first-order valence-corrected chi connectivity index (χ1v) is 4.17. The van der Waals surface area contributed by atoms with Crippen molar-refractivity contribution in [3.8, 4) is 0 Å². The van der Waals surface area contributed by atoms with Gasteiger partial charge in [0.1, 0.15) is 5.76 Å². The van der Waals surface area contributed by atoms with Crippen LogP contribution in [0.4, 0.5) is 0 Å². The number of rotatable bonds is 2. The number of Topliss-reactive ketones (excluding diaryl/α,β-unsaturated/α-hetero) is 1. The van der Waals surface area contributed by atoms with E-state index in [-0.39, 0.29) is 17.1 Å². The highest BCUT2D eigenvalue weighted by Gasteiger charge is 2.21. The van der Waals surface area contributed by atoms with Crippen molar-refractivity contribution in [3.05, 3.63) is 11.3 Å². The summed E-state index contributed by atoms with van der Waals surface area (Å²) in [6.07, 6.45) is 1.39. The molecule has 0 saturated carbocycles. The second kappa shape index (κ2) is 4.21. The summed E-state index contributed by atoms with van der Waals surface area (Å²) in [4.78, 5) is 14.8. The van der Waals surface area contributed by atoms with E-state index in [0.29, 0.717) is 0 Å². The first-order chi connectivity index (χ1) is 5.80. The molecule has 0 aromatic heterocycles. The van der Waals surface area contributed by atoms with Crippen LogP contribution in [0.5, 0.6) is 0 Å². The largest absolute Gasteiger partial charge is 0.511 e. The van der Waals surface area contributed by atoms with Crippen LogP contribution in [0, 0.1) is 5.41 Å². The van der Waals surface area contributed by atoms with Gasteiger partial charge in [0.25, 0.3) is 0 Å². The molecule has 3 heteroatoms. The summed E-state index contributed by atoms with van der Waals surface area (Å²) >= 11 is 0. The van der Waals surface area contributed by atoms with Crippen LogP contribution in [-0.2, 0) is 4.79 Å². The Morgan fingerprint density at radius 1 is 1.38 bits per heavy atom. The molecule has 1 N–H and O–H groups in total. The number of nitrogens with zero attached hydrogens (tertiary/aromatic N) is 1. The van der Waals surface area contributed by atoms with E-state index in [0.717, 1.165) is 0 Å². The summed E-state index contributed by atoms with van der Waals surface area (Å²) in [5, 5.41) is 9.71. The zero-order chi connectivity index (χ0) is 10.6. The molecule has 0 heterocycles. The number of hydrogen-bond acceptors (Lipinski definition) is 3. The fourth-order valence-corrected chi connectivity index (χ4v) is 0.852. The molecular formula is C10H17NO2. The van der Waals surface area contributed by atoms with Crippen molar-refractivity contribution in [2.24, 2.45) is 10.4 Å². The molecule has 0 fully saturated rings. The molecule has 0 atom stereocenters. The minimum absolute atomic E-state index is 0.0885. The number of aliphatic hydroxyl groups excluding tert-OH is 1. The van der Waals surface area contributed by atoms with E-state index in [1.54, 1.807) is 7.05 Å². The summed E-state index contributed by atoms with van der Waals surface area (Å²) in [7, 11) is 1.57. The maximum Gasteiger partial charge on any atom is 0.164 e. The molecule has 0 aromatic rings. The van der Waals surface area contributed by atoms with Crippen molar-refractivity contribution in [3.63, 3.8) is 0 Å². The maximum absolute atomic E-state index is 11.1. The van der Waals surface area contributed by atoms with Gasteiger partial charge in [-0.3, -0.25) is 9.79 Å². The van der Waals surface area contributed by atoms with Crippen molar-refractivity contribution in [2.75, 3.05) is 7.05 Å². The second-order valence-corrected chi connectivity index (χ2v) is 3.96. The van der Waals surface area contributed by atoms with Gasteiger partial charge < -0.3 is 5.11 Å². The molecular weight excluding hydrogens is 166 g/mol. The zero-order valence-electron chi connectivity index (χ0n) is 8.88. The molecule has 0 aliphatic rings. The average molecular weight is 183 g/mol. The van der Waals surface area contributed by atoms with Gasteiger partial charge >= 0.3 is 0 Å². The molecule has 0 rings (SSSR count). The Kier molecular flexibility index (Phi) is 3.85. The van der Waals surface area contributed by atoms with E-state index in [9.17, 15) is 9.90 Å². The molecule has 0 aliphatic heterocycles. The van der Waals surface area contributed by atoms with Crippen LogP contribution in [-0.4, -0.2) is 24.2 Å². The SMILES string of the molecule is CN=C/C(C(C)=O)=C(/O)C(C)(C)C. The van der Waals surface area contributed by atoms with Crippen LogP contribution in [0.25, 0.3) is 0 Å². The first kappa shape index (κ1) is 11.9. The number of carbonyl (C=O) groups excluding carboxylic acids is 1. The van der Waals surface area contributed by atoms with E-state index < -0.39 is 5.41 Å². The smallest absolute Gasteiger partial charge is 0.164 e. The quantitative estimate of drug-likeness (QED) is 0.405. The number of hydrogen-bond donors (Lipinski definition) is 1. The van der Waals surface area contributed by atoms with Crippen molar-refractivity contribution < 1.29 is 9.90 Å². The Morgan fingerprint density at radius 3 is 2.08 bits per heavy atom. The summed E-state index contributed by atoms with van der Waals surface area (Å²) in [5.41, 5.74) is -0.127. The Balaban J connectivity index is 5.22. The Hall–Kier alpha value is -1.12. The summed E-state index contributed by atoms with van der Waals surface area (Å²) in [5.74, 6) is -0.0800. The van der Waals surface area contributed by atoms with Gasteiger partial charge in [-0.1, -0.05) is 20.8 Å². The third-order valence-corrected chi connectivity index (χ3v) is 1.60.